The average Bonchev–Trinajstić information content (AvgIpc) is 2.82. The second-order valence-electron chi connectivity index (χ2n) is 4.00. The largest absolute Gasteiger partial charge is 0.472 e. The van der Waals surface area contributed by atoms with Gasteiger partial charge in [0.2, 0.25) is 5.88 Å². The highest BCUT2D eigenvalue weighted by molar-refractivity contribution is 5.26. The number of nitrogens with zero attached hydrogens (tertiary/aromatic N) is 1. The zero-order chi connectivity index (χ0) is 12.1. The van der Waals surface area contributed by atoms with Crippen LogP contribution in [0, 0.1) is 5.82 Å². The molecule has 0 aliphatic carbocycles. The molecular formula is C12H17FN2O2. The second-order valence-corrected chi connectivity index (χ2v) is 4.00. The van der Waals surface area contributed by atoms with Crippen molar-refractivity contribution in [3.8, 4) is 5.88 Å². The molecule has 1 aromatic rings. The third kappa shape index (κ3) is 3.38. The molecular weight excluding hydrogens is 223 g/mol. The zero-order valence-electron chi connectivity index (χ0n) is 9.91. The van der Waals surface area contributed by atoms with Crippen LogP contribution in [0.3, 0.4) is 0 Å². The molecule has 4 nitrogen and oxygen atoms in total. The van der Waals surface area contributed by atoms with Gasteiger partial charge in [0.15, 0.2) is 0 Å². The molecule has 1 aliphatic rings. The Labute approximate surface area is 100 Å². The van der Waals surface area contributed by atoms with E-state index in [0.29, 0.717) is 25.6 Å². The Morgan fingerprint density at radius 1 is 1.65 bits per heavy atom. The molecule has 0 aromatic carbocycles. The summed E-state index contributed by atoms with van der Waals surface area (Å²) in [7, 11) is 0. The van der Waals surface area contributed by atoms with E-state index >= 15 is 0 Å². The van der Waals surface area contributed by atoms with Crippen molar-refractivity contribution < 1.29 is 13.9 Å². The summed E-state index contributed by atoms with van der Waals surface area (Å²) in [5.41, 5.74) is 0.749. The van der Waals surface area contributed by atoms with Crippen molar-refractivity contribution in [2.75, 3.05) is 19.8 Å². The maximum absolute atomic E-state index is 13.1. The number of hydrogen-bond acceptors (Lipinski definition) is 4. The number of aromatic nitrogens is 1. The van der Waals surface area contributed by atoms with Crippen molar-refractivity contribution in [1.82, 2.24) is 10.3 Å². The van der Waals surface area contributed by atoms with Gasteiger partial charge in [-0.15, -0.1) is 0 Å². The van der Waals surface area contributed by atoms with E-state index in [9.17, 15) is 4.39 Å². The Hall–Kier alpha value is -1.20. The Balaban J connectivity index is 2.07. The fraction of sp³-hybridized carbons (Fsp3) is 0.583. The molecule has 0 spiro atoms. The molecule has 0 amide bonds. The molecule has 1 fully saturated rings. The van der Waals surface area contributed by atoms with Gasteiger partial charge in [-0.3, -0.25) is 0 Å². The minimum Gasteiger partial charge on any atom is -0.472 e. The van der Waals surface area contributed by atoms with Crippen LogP contribution in [0.2, 0.25) is 0 Å². The Bertz CT molecular complexity index is 368. The number of hydrogen-bond donors (Lipinski definition) is 1. The normalized spacial score (nSPS) is 19.5. The summed E-state index contributed by atoms with van der Waals surface area (Å²) < 4.78 is 24.1. The molecule has 2 heterocycles. The van der Waals surface area contributed by atoms with Gasteiger partial charge in [0.05, 0.1) is 19.4 Å². The highest BCUT2D eigenvalue weighted by atomic mass is 19.1. The van der Waals surface area contributed by atoms with Crippen molar-refractivity contribution >= 4 is 0 Å². The molecule has 1 N–H and O–H groups in total. The average molecular weight is 240 g/mol. The first-order chi connectivity index (χ1) is 8.29. The lowest BCUT2D eigenvalue weighted by Crippen LogP contribution is -2.19. The summed E-state index contributed by atoms with van der Waals surface area (Å²) in [6.45, 7) is 4.68. The molecule has 1 aromatic heterocycles. The Morgan fingerprint density at radius 2 is 2.53 bits per heavy atom. The standard InChI is InChI=1S/C12H17FN2O2/c1-2-14-6-9-5-10(13)7-15-12(9)17-11-3-4-16-8-11/h5,7,11,14H,2-4,6,8H2,1H3. The van der Waals surface area contributed by atoms with Gasteiger partial charge in [0.1, 0.15) is 11.9 Å². The molecule has 0 bridgehead atoms. The van der Waals surface area contributed by atoms with E-state index < -0.39 is 0 Å². The lowest BCUT2D eigenvalue weighted by Gasteiger charge is -2.14. The van der Waals surface area contributed by atoms with Crippen LogP contribution >= 0.6 is 0 Å². The van der Waals surface area contributed by atoms with Crippen LogP contribution in [0.5, 0.6) is 5.88 Å². The first kappa shape index (κ1) is 12.3. The highest BCUT2D eigenvalue weighted by Crippen LogP contribution is 2.20. The van der Waals surface area contributed by atoms with Gasteiger partial charge in [0.25, 0.3) is 0 Å². The van der Waals surface area contributed by atoms with E-state index in [-0.39, 0.29) is 11.9 Å². The van der Waals surface area contributed by atoms with Crippen molar-refractivity contribution in [2.45, 2.75) is 26.0 Å². The number of ether oxygens (including phenoxy) is 2. The molecule has 5 heteroatoms. The van der Waals surface area contributed by atoms with E-state index in [1.165, 1.54) is 12.3 Å². The summed E-state index contributed by atoms with van der Waals surface area (Å²) in [6, 6.07) is 1.46. The Morgan fingerprint density at radius 3 is 3.24 bits per heavy atom. The third-order valence-corrected chi connectivity index (χ3v) is 2.62. The number of pyridine rings is 1. The van der Waals surface area contributed by atoms with Gasteiger partial charge in [-0.1, -0.05) is 6.92 Å². The smallest absolute Gasteiger partial charge is 0.218 e. The van der Waals surface area contributed by atoms with E-state index in [4.69, 9.17) is 9.47 Å². The van der Waals surface area contributed by atoms with Crippen molar-refractivity contribution in [3.63, 3.8) is 0 Å². The van der Waals surface area contributed by atoms with Crippen molar-refractivity contribution in [1.29, 1.82) is 0 Å². The molecule has 0 radical (unpaired) electrons. The van der Waals surface area contributed by atoms with Gasteiger partial charge in [-0.2, -0.15) is 0 Å². The molecule has 1 aliphatic heterocycles. The molecule has 94 valence electrons. The predicted octanol–water partition coefficient (Wildman–Crippen LogP) is 1.50. The van der Waals surface area contributed by atoms with Gasteiger partial charge in [-0.05, 0) is 12.6 Å². The van der Waals surface area contributed by atoms with Crippen molar-refractivity contribution in [3.05, 3.63) is 23.6 Å². The minimum atomic E-state index is -0.340. The topological polar surface area (TPSA) is 43.4 Å². The maximum Gasteiger partial charge on any atom is 0.218 e. The van der Waals surface area contributed by atoms with Crippen LogP contribution in [0.1, 0.15) is 18.9 Å². The molecule has 17 heavy (non-hydrogen) atoms. The minimum absolute atomic E-state index is 0.0355. The third-order valence-electron chi connectivity index (χ3n) is 2.62. The lowest BCUT2D eigenvalue weighted by molar-refractivity contribution is 0.137. The van der Waals surface area contributed by atoms with Gasteiger partial charge < -0.3 is 14.8 Å². The van der Waals surface area contributed by atoms with Crippen LogP contribution in [0.4, 0.5) is 4.39 Å². The predicted molar refractivity (Wildman–Crippen MR) is 61.4 cm³/mol. The van der Waals surface area contributed by atoms with Crippen LogP contribution in [0.15, 0.2) is 12.3 Å². The van der Waals surface area contributed by atoms with Crippen LogP contribution in [-0.4, -0.2) is 30.8 Å². The molecule has 1 saturated heterocycles. The SMILES string of the molecule is CCNCc1cc(F)cnc1OC1CCOC1. The lowest BCUT2D eigenvalue weighted by atomic mass is 10.2. The van der Waals surface area contributed by atoms with E-state index in [2.05, 4.69) is 10.3 Å². The van der Waals surface area contributed by atoms with Crippen LogP contribution in [0.25, 0.3) is 0 Å². The van der Waals surface area contributed by atoms with E-state index in [0.717, 1.165) is 18.5 Å². The first-order valence-electron chi connectivity index (χ1n) is 5.89. The van der Waals surface area contributed by atoms with Gasteiger partial charge in [-0.25, -0.2) is 9.37 Å². The van der Waals surface area contributed by atoms with E-state index in [1.807, 2.05) is 6.92 Å². The summed E-state index contributed by atoms with van der Waals surface area (Å²) in [6.07, 6.45) is 2.08. The van der Waals surface area contributed by atoms with Crippen LogP contribution < -0.4 is 10.1 Å². The fourth-order valence-corrected chi connectivity index (χ4v) is 1.72. The summed E-state index contributed by atoms with van der Waals surface area (Å²) in [4.78, 5) is 4.00. The first-order valence-corrected chi connectivity index (χ1v) is 5.89. The summed E-state index contributed by atoms with van der Waals surface area (Å²) in [5, 5.41) is 3.14. The van der Waals surface area contributed by atoms with Crippen LogP contribution in [-0.2, 0) is 11.3 Å². The quantitative estimate of drug-likeness (QED) is 0.847. The van der Waals surface area contributed by atoms with E-state index in [1.54, 1.807) is 0 Å². The maximum atomic E-state index is 13.1. The summed E-state index contributed by atoms with van der Waals surface area (Å²) >= 11 is 0. The van der Waals surface area contributed by atoms with Crippen molar-refractivity contribution in [2.24, 2.45) is 0 Å². The summed E-state index contributed by atoms with van der Waals surface area (Å²) in [5.74, 6) is 0.163. The monoisotopic (exact) mass is 240 g/mol. The number of rotatable bonds is 5. The fourth-order valence-electron chi connectivity index (χ4n) is 1.72. The second kappa shape index (κ2) is 5.93. The Kier molecular flexibility index (Phi) is 4.28. The molecule has 1 atom stereocenters. The number of halogens is 1. The van der Waals surface area contributed by atoms with Gasteiger partial charge in [0, 0.05) is 18.5 Å². The zero-order valence-corrected chi connectivity index (χ0v) is 9.91. The highest BCUT2D eigenvalue weighted by Gasteiger charge is 2.19. The van der Waals surface area contributed by atoms with Gasteiger partial charge >= 0.3 is 0 Å². The molecule has 2 rings (SSSR count). The number of nitrogens with one attached hydrogen (secondary N) is 1. The molecule has 1 unspecified atom stereocenters. The molecule has 0 saturated carbocycles.